The minimum absolute atomic E-state index is 0.0476. The standard InChI is InChI=1S/C11H12N2O2/c1-15-10-6-5-8(7-9(10)12)3-2-4-11(13)14/h5-7H,4,12H2,1H3,(H2,13,14). The van der Waals surface area contributed by atoms with E-state index in [4.69, 9.17) is 16.2 Å². The van der Waals surface area contributed by atoms with Crippen molar-refractivity contribution in [3.63, 3.8) is 0 Å². The Morgan fingerprint density at radius 1 is 1.53 bits per heavy atom. The quantitative estimate of drug-likeness (QED) is 0.544. The smallest absolute Gasteiger partial charge is 0.229 e. The first-order chi connectivity index (χ1) is 7.13. The fraction of sp³-hybridized carbons (Fsp3) is 0.182. The first-order valence-electron chi connectivity index (χ1n) is 4.34. The summed E-state index contributed by atoms with van der Waals surface area (Å²) in [5.74, 6) is 5.59. The van der Waals surface area contributed by atoms with Gasteiger partial charge in [-0.1, -0.05) is 11.8 Å². The van der Waals surface area contributed by atoms with Gasteiger partial charge in [0.25, 0.3) is 0 Å². The average Bonchev–Trinajstić information content (AvgIpc) is 2.17. The molecule has 0 aliphatic rings. The summed E-state index contributed by atoms with van der Waals surface area (Å²) >= 11 is 0. The first-order valence-corrected chi connectivity index (χ1v) is 4.34. The highest BCUT2D eigenvalue weighted by atomic mass is 16.5. The second-order valence-electron chi connectivity index (χ2n) is 2.90. The predicted molar refractivity (Wildman–Crippen MR) is 58.1 cm³/mol. The molecule has 0 fully saturated rings. The van der Waals surface area contributed by atoms with Gasteiger partial charge in [0.05, 0.1) is 19.2 Å². The van der Waals surface area contributed by atoms with E-state index >= 15 is 0 Å². The van der Waals surface area contributed by atoms with Crippen molar-refractivity contribution in [3.05, 3.63) is 23.8 Å². The summed E-state index contributed by atoms with van der Waals surface area (Å²) in [4.78, 5) is 10.4. The third kappa shape index (κ3) is 3.24. The maximum Gasteiger partial charge on any atom is 0.229 e. The summed E-state index contributed by atoms with van der Waals surface area (Å²) in [6.45, 7) is 0. The molecule has 0 unspecified atom stereocenters. The molecule has 0 spiro atoms. The van der Waals surface area contributed by atoms with Crippen molar-refractivity contribution >= 4 is 11.6 Å². The SMILES string of the molecule is COc1ccc(C#CCC(N)=O)cc1N. The Hall–Kier alpha value is -2.15. The molecule has 0 aliphatic heterocycles. The van der Waals surface area contributed by atoms with Gasteiger partial charge in [0.2, 0.25) is 5.91 Å². The topological polar surface area (TPSA) is 78.3 Å². The van der Waals surface area contributed by atoms with Crippen LogP contribution in [-0.4, -0.2) is 13.0 Å². The van der Waals surface area contributed by atoms with Gasteiger partial charge in [0.15, 0.2) is 0 Å². The largest absolute Gasteiger partial charge is 0.495 e. The van der Waals surface area contributed by atoms with Gasteiger partial charge in [-0.2, -0.15) is 0 Å². The number of hydrogen-bond donors (Lipinski definition) is 2. The molecule has 4 nitrogen and oxygen atoms in total. The lowest BCUT2D eigenvalue weighted by Gasteiger charge is -2.03. The second-order valence-corrected chi connectivity index (χ2v) is 2.90. The molecule has 4 N–H and O–H groups in total. The lowest BCUT2D eigenvalue weighted by molar-refractivity contribution is -0.117. The van der Waals surface area contributed by atoms with Crippen LogP contribution in [-0.2, 0) is 4.79 Å². The number of carbonyl (C=O) groups is 1. The monoisotopic (exact) mass is 204 g/mol. The van der Waals surface area contributed by atoms with Crippen molar-refractivity contribution < 1.29 is 9.53 Å². The molecule has 1 aromatic carbocycles. The van der Waals surface area contributed by atoms with E-state index in [0.29, 0.717) is 11.4 Å². The molecular formula is C11H12N2O2. The second kappa shape index (κ2) is 4.91. The van der Waals surface area contributed by atoms with E-state index in [9.17, 15) is 4.79 Å². The van der Waals surface area contributed by atoms with Gasteiger partial charge in [-0.3, -0.25) is 4.79 Å². The van der Waals surface area contributed by atoms with Crippen LogP contribution in [0.4, 0.5) is 5.69 Å². The fourth-order valence-corrected chi connectivity index (χ4v) is 1.05. The summed E-state index contributed by atoms with van der Waals surface area (Å²) < 4.78 is 5.00. The zero-order chi connectivity index (χ0) is 11.3. The Balaban J connectivity index is 2.82. The molecule has 1 amide bonds. The molecule has 0 saturated heterocycles. The molecule has 78 valence electrons. The predicted octanol–water partition coefficient (Wildman–Crippen LogP) is 0.504. The highest BCUT2D eigenvalue weighted by Gasteiger charge is 1.98. The van der Waals surface area contributed by atoms with Crippen molar-refractivity contribution in [2.75, 3.05) is 12.8 Å². The average molecular weight is 204 g/mol. The molecule has 0 aromatic heterocycles. The number of benzene rings is 1. The van der Waals surface area contributed by atoms with Crippen LogP contribution >= 0.6 is 0 Å². The normalized spacial score (nSPS) is 8.87. The van der Waals surface area contributed by atoms with Crippen molar-refractivity contribution in [3.8, 4) is 17.6 Å². The summed E-state index contributed by atoms with van der Waals surface area (Å²) in [5, 5.41) is 0. The van der Waals surface area contributed by atoms with E-state index in [-0.39, 0.29) is 6.42 Å². The summed E-state index contributed by atoms with van der Waals surface area (Å²) in [6, 6.07) is 5.18. The Labute approximate surface area is 88.2 Å². The highest BCUT2D eigenvalue weighted by molar-refractivity contribution is 5.76. The molecule has 1 aromatic rings. The molecular weight excluding hydrogens is 192 g/mol. The zero-order valence-corrected chi connectivity index (χ0v) is 8.41. The number of nitrogen functional groups attached to an aromatic ring is 1. The van der Waals surface area contributed by atoms with Gasteiger partial charge in [-0.25, -0.2) is 0 Å². The van der Waals surface area contributed by atoms with Gasteiger partial charge in [-0.05, 0) is 18.2 Å². The third-order valence-corrected chi connectivity index (χ3v) is 1.73. The zero-order valence-electron chi connectivity index (χ0n) is 8.41. The number of anilines is 1. The van der Waals surface area contributed by atoms with Crippen molar-refractivity contribution in [1.29, 1.82) is 0 Å². The minimum Gasteiger partial charge on any atom is -0.495 e. The van der Waals surface area contributed by atoms with Crippen LogP contribution in [0.1, 0.15) is 12.0 Å². The van der Waals surface area contributed by atoms with E-state index in [0.717, 1.165) is 5.56 Å². The lowest BCUT2D eigenvalue weighted by atomic mass is 10.2. The molecule has 0 bridgehead atoms. The van der Waals surface area contributed by atoms with Gasteiger partial charge >= 0.3 is 0 Å². The van der Waals surface area contributed by atoms with E-state index in [1.54, 1.807) is 25.3 Å². The number of ether oxygens (including phenoxy) is 1. The molecule has 15 heavy (non-hydrogen) atoms. The Kier molecular flexibility index (Phi) is 3.58. The van der Waals surface area contributed by atoms with E-state index in [1.165, 1.54) is 0 Å². The minimum atomic E-state index is -0.441. The molecule has 0 atom stereocenters. The van der Waals surface area contributed by atoms with Crippen molar-refractivity contribution in [2.24, 2.45) is 5.73 Å². The van der Waals surface area contributed by atoms with Crippen LogP contribution in [0.25, 0.3) is 0 Å². The van der Waals surface area contributed by atoms with Gasteiger partial charge in [0.1, 0.15) is 5.75 Å². The molecule has 4 heteroatoms. The highest BCUT2D eigenvalue weighted by Crippen LogP contribution is 2.21. The Bertz CT molecular complexity index is 430. The molecule has 0 saturated carbocycles. The molecule has 0 heterocycles. The summed E-state index contributed by atoms with van der Waals surface area (Å²) in [7, 11) is 1.55. The van der Waals surface area contributed by atoms with Gasteiger partial charge in [0, 0.05) is 5.56 Å². The number of rotatable bonds is 2. The molecule has 1 rings (SSSR count). The number of hydrogen-bond acceptors (Lipinski definition) is 3. The first kappa shape index (κ1) is 10.9. The van der Waals surface area contributed by atoms with E-state index in [2.05, 4.69) is 11.8 Å². The van der Waals surface area contributed by atoms with Crippen LogP contribution in [0.2, 0.25) is 0 Å². The number of methoxy groups -OCH3 is 1. The van der Waals surface area contributed by atoms with Crippen LogP contribution in [0.5, 0.6) is 5.75 Å². The fourth-order valence-electron chi connectivity index (χ4n) is 1.05. The number of amides is 1. The summed E-state index contributed by atoms with van der Waals surface area (Å²) in [6.07, 6.45) is 0.0476. The van der Waals surface area contributed by atoms with E-state index < -0.39 is 5.91 Å². The van der Waals surface area contributed by atoms with Crippen LogP contribution in [0.15, 0.2) is 18.2 Å². The van der Waals surface area contributed by atoms with Crippen molar-refractivity contribution in [1.82, 2.24) is 0 Å². The Morgan fingerprint density at radius 2 is 2.27 bits per heavy atom. The van der Waals surface area contributed by atoms with Crippen molar-refractivity contribution in [2.45, 2.75) is 6.42 Å². The number of nitrogens with two attached hydrogens (primary N) is 2. The molecule has 0 aliphatic carbocycles. The third-order valence-electron chi connectivity index (χ3n) is 1.73. The Morgan fingerprint density at radius 3 is 2.80 bits per heavy atom. The van der Waals surface area contributed by atoms with Crippen LogP contribution < -0.4 is 16.2 Å². The van der Waals surface area contributed by atoms with Crippen LogP contribution in [0.3, 0.4) is 0 Å². The number of primary amides is 1. The lowest BCUT2D eigenvalue weighted by Crippen LogP contribution is -2.08. The van der Waals surface area contributed by atoms with Gasteiger partial charge in [-0.15, -0.1) is 0 Å². The maximum absolute atomic E-state index is 10.4. The molecule has 0 radical (unpaired) electrons. The number of carbonyl (C=O) groups excluding carboxylic acids is 1. The van der Waals surface area contributed by atoms with Gasteiger partial charge < -0.3 is 16.2 Å². The maximum atomic E-state index is 10.4. The van der Waals surface area contributed by atoms with Crippen LogP contribution in [0, 0.1) is 11.8 Å². The summed E-state index contributed by atoms with van der Waals surface area (Å²) in [5.41, 5.74) is 11.9. The van der Waals surface area contributed by atoms with E-state index in [1.807, 2.05) is 0 Å².